The standard InChI is InChI=1S/C12H23N/c1-8(2)7-11(13)12-9-5-3-4-6-10(9)12/h8-12H,3-7,13H2,1-2H3. The number of hydrogen-bond acceptors (Lipinski definition) is 1. The Bertz CT molecular complexity index is 164. The van der Waals surface area contributed by atoms with Crippen LogP contribution in [0.25, 0.3) is 0 Å². The molecule has 0 aliphatic heterocycles. The van der Waals surface area contributed by atoms with E-state index in [-0.39, 0.29) is 0 Å². The van der Waals surface area contributed by atoms with Crippen molar-refractivity contribution in [3.05, 3.63) is 0 Å². The third-order valence-electron chi connectivity index (χ3n) is 3.96. The molecule has 3 atom stereocenters. The van der Waals surface area contributed by atoms with Crippen molar-refractivity contribution in [2.45, 2.75) is 52.0 Å². The molecule has 0 spiro atoms. The van der Waals surface area contributed by atoms with E-state index in [9.17, 15) is 0 Å². The summed E-state index contributed by atoms with van der Waals surface area (Å²) in [6.07, 6.45) is 7.11. The maximum Gasteiger partial charge on any atom is 0.00750 e. The predicted octanol–water partition coefficient (Wildman–Crippen LogP) is 2.80. The van der Waals surface area contributed by atoms with E-state index >= 15 is 0 Å². The zero-order valence-electron chi connectivity index (χ0n) is 9.00. The van der Waals surface area contributed by atoms with Gasteiger partial charge in [-0.05, 0) is 42.9 Å². The van der Waals surface area contributed by atoms with Gasteiger partial charge in [0.2, 0.25) is 0 Å². The van der Waals surface area contributed by atoms with Gasteiger partial charge in [-0.15, -0.1) is 0 Å². The lowest BCUT2D eigenvalue weighted by Crippen LogP contribution is -2.25. The zero-order valence-corrected chi connectivity index (χ0v) is 9.00. The molecule has 0 radical (unpaired) electrons. The summed E-state index contributed by atoms with van der Waals surface area (Å²) >= 11 is 0. The molecule has 2 aliphatic carbocycles. The second kappa shape index (κ2) is 3.61. The third-order valence-corrected chi connectivity index (χ3v) is 3.96. The smallest absolute Gasteiger partial charge is 0.00750 e. The number of hydrogen-bond donors (Lipinski definition) is 1. The second-order valence-corrected chi connectivity index (χ2v) is 5.48. The fourth-order valence-electron chi connectivity index (χ4n) is 3.38. The highest BCUT2D eigenvalue weighted by Crippen LogP contribution is 2.57. The summed E-state index contributed by atoms with van der Waals surface area (Å²) in [6.45, 7) is 4.57. The van der Waals surface area contributed by atoms with E-state index < -0.39 is 0 Å². The molecule has 3 unspecified atom stereocenters. The van der Waals surface area contributed by atoms with Crippen LogP contribution in [0.3, 0.4) is 0 Å². The molecule has 0 aromatic heterocycles. The van der Waals surface area contributed by atoms with Crippen molar-refractivity contribution in [3.63, 3.8) is 0 Å². The van der Waals surface area contributed by atoms with Gasteiger partial charge in [0.05, 0.1) is 0 Å². The minimum absolute atomic E-state index is 0.507. The van der Waals surface area contributed by atoms with Gasteiger partial charge in [0, 0.05) is 6.04 Å². The van der Waals surface area contributed by atoms with E-state index in [4.69, 9.17) is 5.73 Å². The van der Waals surface area contributed by atoms with Crippen LogP contribution in [0.1, 0.15) is 46.0 Å². The van der Waals surface area contributed by atoms with Gasteiger partial charge in [-0.3, -0.25) is 0 Å². The first kappa shape index (κ1) is 9.51. The Morgan fingerprint density at radius 2 is 1.69 bits per heavy atom. The molecule has 0 saturated heterocycles. The van der Waals surface area contributed by atoms with Crippen LogP contribution in [-0.4, -0.2) is 6.04 Å². The quantitative estimate of drug-likeness (QED) is 0.712. The Labute approximate surface area is 82.1 Å². The molecule has 2 saturated carbocycles. The topological polar surface area (TPSA) is 26.0 Å². The van der Waals surface area contributed by atoms with E-state index in [1.54, 1.807) is 0 Å². The van der Waals surface area contributed by atoms with Gasteiger partial charge in [-0.1, -0.05) is 26.7 Å². The molecule has 0 aromatic rings. The highest BCUT2D eigenvalue weighted by Gasteiger charge is 2.52. The van der Waals surface area contributed by atoms with Gasteiger partial charge >= 0.3 is 0 Å². The Hall–Kier alpha value is -0.0400. The van der Waals surface area contributed by atoms with Gasteiger partial charge < -0.3 is 5.73 Å². The highest BCUT2D eigenvalue weighted by molar-refractivity contribution is 5.03. The first-order valence-electron chi connectivity index (χ1n) is 5.95. The number of rotatable bonds is 3. The van der Waals surface area contributed by atoms with Crippen LogP contribution in [0.15, 0.2) is 0 Å². The Balaban J connectivity index is 1.82. The average molecular weight is 181 g/mol. The maximum absolute atomic E-state index is 6.24. The molecule has 2 rings (SSSR count). The lowest BCUT2D eigenvalue weighted by atomic mass is 9.99. The summed E-state index contributed by atoms with van der Waals surface area (Å²) in [6, 6.07) is 0.507. The summed E-state index contributed by atoms with van der Waals surface area (Å²) in [4.78, 5) is 0. The lowest BCUT2D eigenvalue weighted by molar-refractivity contribution is 0.433. The molecule has 0 heterocycles. The molecule has 0 aromatic carbocycles. The molecule has 0 amide bonds. The third kappa shape index (κ3) is 1.90. The number of nitrogens with two attached hydrogens (primary N) is 1. The van der Waals surface area contributed by atoms with E-state index in [1.165, 1.54) is 32.1 Å². The summed E-state index contributed by atoms with van der Waals surface area (Å²) in [5, 5.41) is 0. The van der Waals surface area contributed by atoms with Crippen molar-refractivity contribution in [1.82, 2.24) is 0 Å². The fourth-order valence-corrected chi connectivity index (χ4v) is 3.38. The zero-order chi connectivity index (χ0) is 9.42. The number of fused-ring (bicyclic) bond motifs is 1. The molecular weight excluding hydrogens is 158 g/mol. The van der Waals surface area contributed by atoms with Crippen LogP contribution in [0.5, 0.6) is 0 Å². The van der Waals surface area contributed by atoms with Gasteiger partial charge in [-0.2, -0.15) is 0 Å². The Morgan fingerprint density at radius 1 is 1.15 bits per heavy atom. The molecule has 2 N–H and O–H groups in total. The van der Waals surface area contributed by atoms with E-state index in [1.807, 2.05) is 0 Å². The van der Waals surface area contributed by atoms with Crippen molar-refractivity contribution in [1.29, 1.82) is 0 Å². The summed E-state index contributed by atoms with van der Waals surface area (Å²) in [5.74, 6) is 3.74. The van der Waals surface area contributed by atoms with Crippen molar-refractivity contribution in [2.24, 2.45) is 29.4 Å². The second-order valence-electron chi connectivity index (χ2n) is 5.48. The minimum atomic E-state index is 0.507. The Morgan fingerprint density at radius 3 is 2.15 bits per heavy atom. The first-order chi connectivity index (χ1) is 6.20. The molecule has 0 bridgehead atoms. The van der Waals surface area contributed by atoms with Gasteiger partial charge in [0.15, 0.2) is 0 Å². The van der Waals surface area contributed by atoms with Crippen LogP contribution in [0.2, 0.25) is 0 Å². The molecule has 76 valence electrons. The molecule has 1 heteroatoms. The summed E-state index contributed by atoms with van der Waals surface area (Å²) in [5.41, 5.74) is 6.24. The molecule has 2 fully saturated rings. The SMILES string of the molecule is CC(C)CC(N)C1C2CCCCC21. The van der Waals surface area contributed by atoms with Crippen molar-refractivity contribution < 1.29 is 0 Å². The van der Waals surface area contributed by atoms with E-state index in [0.29, 0.717) is 6.04 Å². The fraction of sp³-hybridized carbons (Fsp3) is 1.00. The molecule has 1 nitrogen and oxygen atoms in total. The molecular formula is C12H23N. The normalized spacial score (nSPS) is 40.2. The lowest BCUT2D eigenvalue weighted by Gasteiger charge is -2.13. The van der Waals surface area contributed by atoms with Crippen LogP contribution in [-0.2, 0) is 0 Å². The van der Waals surface area contributed by atoms with E-state index in [2.05, 4.69) is 13.8 Å². The molecule has 2 aliphatic rings. The monoisotopic (exact) mass is 181 g/mol. The predicted molar refractivity (Wildman–Crippen MR) is 56.4 cm³/mol. The highest BCUT2D eigenvalue weighted by atomic mass is 14.7. The van der Waals surface area contributed by atoms with E-state index in [0.717, 1.165) is 23.7 Å². The Kier molecular flexibility index (Phi) is 2.64. The van der Waals surface area contributed by atoms with Gasteiger partial charge in [-0.25, -0.2) is 0 Å². The van der Waals surface area contributed by atoms with Gasteiger partial charge in [0.25, 0.3) is 0 Å². The first-order valence-corrected chi connectivity index (χ1v) is 5.95. The van der Waals surface area contributed by atoms with Gasteiger partial charge in [0.1, 0.15) is 0 Å². The minimum Gasteiger partial charge on any atom is -0.327 e. The summed E-state index contributed by atoms with van der Waals surface area (Å²) in [7, 11) is 0. The van der Waals surface area contributed by atoms with Crippen LogP contribution < -0.4 is 5.73 Å². The van der Waals surface area contributed by atoms with Crippen molar-refractivity contribution in [3.8, 4) is 0 Å². The van der Waals surface area contributed by atoms with Crippen LogP contribution in [0, 0.1) is 23.7 Å². The summed E-state index contributed by atoms with van der Waals surface area (Å²) < 4.78 is 0. The maximum atomic E-state index is 6.24. The largest absolute Gasteiger partial charge is 0.327 e. The van der Waals surface area contributed by atoms with Crippen molar-refractivity contribution >= 4 is 0 Å². The molecule has 13 heavy (non-hydrogen) atoms. The average Bonchev–Trinajstić information content (AvgIpc) is 2.76. The van der Waals surface area contributed by atoms with Crippen LogP contribution in [0.4, 0.5) is 0 Å². The van der Waals surface area contributed by atoms with Crippen LogP contribution >= 0.6 is 0 Å². The van der Waals surface area contributed by atoms with Crippen molar-refractivity contribution in [2.75, 3.05) is 0 Å².